The summed E-state index contributed by atoms with van der Waals surface area (Å²) in [4.78, 5) is 14.5. The van der Waals surface area contributed by atoms with E-state index in [0.717, 1.165) is 19.0 Å². The molecular weight excluding hydrogens is 286 g/mol. The van der Waals surface area contributed by atoms with E-state index in [4.69, 9.17) is 5.73 Å². The van der Waals surface area contributed by atoms with E-state index >= 15 is 0 Å². The largest absolute Gasteiger partial charge is 0.352 e. The number of nitrogens with zero attached hydrogens (tertiary/aromatic N) is 1. The number of fused-ring (bicyclic) bond motifs is 1. The maximum Gasteiger partial charge on any atom is 0.234 e. The van der Waals surface area contributed by atoms with Crippen LogP contribution in [0.2, 0.25) is 0 Å². The van der Waals surface area contributed by atoms with Crippen LogP contribution < -0.4 is 11.1 Å². The molecule has 3 rings (SSSR count). The first-order chi connectivity index (χ1) is 9.72. The summed E-state index contributed by atoms with van der Waals surface area (Å²) >= 11 is 0. The summed E-state index contributed by atoms with van der Waals surface area (Å²) < 4.78 is 0. The summed E-state index contributed by atoms with van der Waals surface area (Å²) in [5.41, 5.74) is 6.15. The minimum Gasteiger partial charge on any atom is -0.352 e. The van der Waals surface area contributed by atoms with Gasteiger partial charge in [-0.2, -0.15) is 0 Å². The lowest BCUT2D eigenvalue weighted by molar-refractivity contribution is -0.122. The van der Waals surface area contributed by atoms with E-state index in [0.29, 0.717) is 24.5 Å². The lowest BCUT2D eigenvalue weighted by Crippen LogP contribution is -2.42. The van der Waals surface area contributed by atoms with Gasteiger partial charge in [-0.3, -0.25) is 9.69 Å². The molecule has 3 atom stereocenters. The Morgan fingerprint density at radius 3 is 2.43 bits per heavy atom. The average molecular weight is 316 g/mol. The van der Waals surface area contributed by atoms with Crippen molar-refractivity contribution >= 4 is 18.3 Å². The highest BCUT2D eigenvalue weighted by molar-refractivity contribution is 5.85. The van der Waals surface area contributed by atoms with E-state index in [1.165, 1.54) is 51.4 Å². The zero-order chi connectivity index (χ0) is 13.9. The predicted octanol–water partition coefficient (Wildman–Crippen LogP) is 1.92. The highest BCUT2D eigenvalue weighted by Crippen LogP contribution is 2.36. The number of carbonyl (C=O) groups is 1. The van der Waals surface area contributed by atoms with E-state index < -0.39 is 0 Å². The van der Waals surface area contributed by atoms with Gasteiger partial charge in [-0.05, 0) is 37.5 Å². The third-order valence-electron chi connectivity index (χ3n) is 5.58. The number of nitrogens with one attached hydrogen (secondary N) is 1. The van der Waals surface area contributed by atoms with E-state index in [1.807, 2.05) is 0 Å². The Morgan fingerprint density at radius 1 is 1.05 bits per heavy atom. The first-order valence-corrected chi connectivity index (χ1v) is 8.49. The van der Waals surface area contributed by atoms with Crippen molar-refractivity contribution in [3.8, 4) is 0 Å². The third-order valence-corrected chi connectivity index (χ3v) is 5.58. The van der Waals surface area contributed by atoms with Gasteiger partial charge < -0.3 is 11.1 Å². The molecule has 3 fully saturated rings. The Kier molecular flexibility index (Phi) is 6.33. The monoisotopic (exact) mass is 315 g/mol. The Labute approximate surface area is 134 Å². The van der Waals surface area contributed by atoms with Crippen molar-refractivity contribution in [1.82, 2.24) is 10.2 Å². The highest BCUT2D eigenvalue weighted by Gasteiger charge is 2.41. The van der Waals surface area contributed by atoms with Crippen LogP contribution in [0.5, 0.6) is 0 Å². The van der Waals surface area contributed by atoms with Gasteiger partial charge in [0.1, 0.15) is 0 Å². The molecule has 21 heavy (non-hydrogen) atoms. The molecule has 3 unspecified atom stereocenters. The standard InChI is InChI=1S/C16H29N3O.ClH/c17-15-8-7-12-9-19(10-14(12)15)11-16(20)18-13-5-3-1-2-4-6-13;/h12-15H,1-11,17H2,(H,18,20);1H. The van der Waals surface area contributed by atoms with Gasteiger partial charge >= 0.3 is 0 Å². The molecule has 0 aromatic carbocycles. The second kappa shape index (κ2) is 7.80. The van der Waals surface area contributed by atoms with E-state index in [9.17, 15) is 4.79 Å². The quantitative estimate of drug-likeness (QED) is 0.782. The lowest BCUT2D eigenvalue weighted by Gasteiger charge is -2.21. The van der Waals surface area contributed by atoms with Crippen molar-refractivity contribution in [3.05, 3.63) is 0 Å². The highest BCUT2D eigenvalue weighted by atomic mass is 35.5. The lowest BCUT2D eigenvalue weighted by atomic mass is 9.98. The first-order valence-electron chi connectivity index (χ1n) is 8.49. The van der Waals surface area contributed by atoms with Crippen molar-refractivity contribution in [2.75, 3.05) is 19.6 Å². The number of hydrogen-bond acceptors (Lipinski definition) is 3. The number of amides is 1. The molecule has 0 bridgehead atoms. The fourth-order valence-electron chi connectivity index (χ4n) is 4.43. The molecule has 1 saturated heterocycles. The minimum absolute atomic E-state index is 0. The van der Waals surface area contributed by atoms with Gasteiger partial charge in [0.15, 0.2) is 0 Å². The van der Waals surface area contributed by atoms with Gasteiger partial charge in [0, 0.05) is 25.2 Å². The van der Waals surface area contributed by atoms with Crippen LogP contribution in [0, 0.1) is 11.8 Å². The predicted molar refractivity (Wildman–Crippen MR) is 87.5 cm³/mol. The van der Waals surface area contributed by atoms with Gasteiger partial charge in [-0.15, -0.1) is 12.4 Å². The number of likely N-dealkylation sites (tertiary alicyclic amines) is 1. The molecule has 1 heterocycles. The SMILES string of the molecule is Cl.NC1CCC2CN(CC(=O)NC3CCCCCC3)CC12. The second-order valence-corrected chi connectivity index (χ2v) is 7.12. The van der Waals surface area contributed by atoms with Crippen molar-refractivity contribution < 1.29 is 4.79 Å². The van der Waals surface area contributed by atoms with Gasteiger partial charge in [0.25, 0.3) is 0 Å². The maximum absolute atomic E-state index is 12.2. The Hall–Kier alpha value is -0.320. The molecule has 4 nitrogen and oxygen atoms in total. The fourth-order valence-corrected chi connectivity index (χ4v) is 4.43. The van der Waals surface area contributed by atoms with Gasteiger partial charge in [0.05, 0.1) is 6.54 Å². The Bertz CT molecular complexity index is 344. The summed E-state index contributed by atoms with van der Waals surface area (Å²) in [6, 6.07) is 0.796. The van der Waals surface area contributed by atoms with Gasteiger partial charge in [0.2, 0.25) is 5.91 Å². The van der Waals surface area contributed by atoms with Crippen LogP contribution in [0.3, 0.4) is 0 Å². The van der Waals surface area contributed by atoms with Crippen molar-refractivity contribution in [3.63, 3.8) is 0 Å². The normalized spacial score (nSPS) is 34.0. The number of halogens is 1. The zero-order valence-corrected chi connectivity index (χ0v) is 13.7. The van der Waals surface area contributed by atoms with Crippen molar-refractivity contribution in [2.24, 2.45) is 17.6 Å². The van der Waals surface area contributed by atoms with Crippen LogP contribution in [-0.4, -0.2) is 42.5 Å². The maximum atomic E-state index is 12.2. The number of nitrogens with two attached hydrogens (primary N) is 1. The first kappa shape index (κ1) is 17.0. The van der Waals surface area contributed by atoms with Crippen LogP contribution in [0.4, 0.5) is 0 Å². The topological polar surface area (TPSA) is 58.4 Å². The number of hydrogen-bond donors (Lipinski definition) is 2. The molecule has 122 valence electrons. The minimum atomic E-state index is 0. The molecule has 0 spiro atoms. The molecule has 5 heteroatoms. The summed E-state index contributed by atoms with van der Waals surface area (Å²) in [5, 5.41) is 3.25. The molecular formula is C16H30ClN3O. The van der Waals surface area contributed by atoms with Crippen LogP contribution in [0.25, 0.3) is 0 Å². The van der Waals surface area contributed by atoms with E-state index in [2.05, 4.69) is 10.2 Å². The van der Waals surface area contributed by atoms with Crippen molar-refractivity contribution in [1.29, 1.82) is 0 Å². The van der Waals surface area contributed by atoms with Gasteiger partial charge in [-0.25, -0.2) is 0 Å². The second-order valence-electron chi connectivity index (χ2n) is 7.12. The fraction of sp³-hybridized carbons (Fsp3) is 0.938. The average Bonchev–Trinajstić information content (AvgIpc) is 2.83. The molecule has 3 aliphatic rings. The Balaban J connectivity index is 0.00000161. The van der Waals surface area contributed by atoms with E-state index in [1.54, 1.807) is 0 Å². The summed E-state index contributed by atoms with van der Waals surface area (Å²) in [6.45, 7) is 2.69. The molecule has 2 saturated carbocycles. The molecule has 0 radical (unpaired) electrons. The Morgan fingerprint density at radius 2 is 1.76 bits per heavy atom. The van der Waals surface area contributed by atoms with Crippen LogP contribution >= 0.6 is 12.4 Å². The molecule has 0 aromatic rings. The van der Waals surface area contributed by atoms with Gasteiger partial charge in [-0.1, -0.05) is 25.7 Å². The molecule has 0 aromatic heterocycles. The van der Waals surface area contributed by atoms with Crippen molar-refractivity contribution in [2.45, 2.75) is 63.5 Å². The van der Waals surface area contributed by atoms with Crippen LogP contribution in [-0.2, 0) is 4.79 Å². The molecule has 3 N–H and O–H groups in total. The summed E-state index contributed by atoms with van der Waals surface area (Å²) in [7, 11) is 0. The van der Waals surface area contributed by atoms with Crippen LogP contribution in [0.1, 0.15) is 51.4 Å². The smallest absolute Gasteiger partial charge is 0.234 e. The third kappa shape index (κ3) is 4.33. The zero-order valence-electron chi connectivity index (χ0n) is 12.9. The van der Waals surface area contributed by atoms with Crippen LogP contribution in [0.15, 0.2) is 0 Å². The number of carbonyl (C=O) groups excluding carboxylic acids is 1. The summed E-state index contributed by atoms with van der Waals surface area (Å²) in [5.74, 6) is 1.61. The molecule has 2 aliphatic carbocycles. The molecule has 1 amide bonds. The number of rotatable bonds is 3. The summed E-state index contributed by atoms with van der Waals surface area (Å²) in [6.07, 6.45) is 9.98. The van der Waals surface area contributed by atoms with E-state index in [-0.39, 0.29) is 18.3 Å². The molecule has 1 aliphatic heterocycles.